The lowest BCUT2D eigenvalue weighted by Gasteiger charge is -2.34. The Morgan fingerprint density at radius 3 is 1.77 bits per heavy atom. The lowest BCUT2D eigenvalue weighted by atomic mass is 9.83. The molecule has 254 valence electrons. The summed E-state index contributed by atoms with van der Waals surface area (Å²) in [5.74, 6) is -3.32. The summed E-state index contributed by atoms with van der Waals surface area (Å²) >= 11 is 0. The van der Waals surface area contributed by atoms with E-state index in [1.54, 1.807) is 30.3 Å². The first-order chi connectivity index (χ1) is 22.7. The van der Waals surface area contributed by atoms with Crippen LogP contribution in [0.1, 0.15) is 45.5 Å². The molecule has 3 aromatic carbocycles. The molecular weight excluding hydrogens is 642 g/mol. The van der Waals surface area contributed by atoms with Crippen LogP contribution in [0.3, 0.4) is 0 Å². The molecule has 0 spiro atoms. The molecule has 2 saturated carbocycles. The summed E-state index contributed by atoms with van der Waals surface area (Å²) in [7, 11) is 0. The van der Waals surface area contributed by atoms with Crippen LogP contribution in [0.15, 0.2) is 64.6 Å². The van der Waals surface area contributed by atoms with Crippen LogP contribution >= 0.6 is 0 Å². The van der Waals surface area contributed by atoms with Gasteiger partial charge in [-0.3, -0.25) is 10.1 Å². The molecule has 0 aromatic heterocycles. The van der Waals surface area contributed by atoms with Crippen molar-refractivity contribution in [2.24, 2.45) is 27.6 Å². The first-order valence-electron chi connectivity index (χ1n) is 15.0. The summed E-state index contributed by atoms with van der Waals surface area (Å²) in [5, 5.41) is 2.42. The quantitative estimate of drug-likeness (QED) is 0.213. The Bertz CT molecular complexity index is 1820. The summed E-state index contributed by atoms with van der Waals surface area (Å²) < 4.78 is 95.9. The molecule has 0 radical (unpaired) electrons. The van der Waals surface area contributed by atoms with Gasteiger partial charge in [-0.15, -0.1) is 0 Å². The van der Waals surface area contributed by atoms with Crippen LogP contribution in [0.4, 0.5) is 37.7 Å². The summed E-state index contributed by atoms with van der Waals surface area (Å²) in [5.41, 5.74) is 13.3. The molecule has 2 aliphatic heterocycles. The number of nitrogens with two attached hydrogens (primary N) is 3. The third-order valence-corrected chi connectivity index (χ3v) is 9.05. The maximum atomic E-state index is 14.8. The number of aliphatic imine (C=N–C) groups is 2. The van der Waals surface area contributed by atoms with E-state index in [9.17, 15) is 31.1 Å². The van der Waals surface area contributed by atoms with Crippen molar-refractivity contribution in [3.63, 3.8) is 0 Å². The minimum Gasteiger partial charge on any atom is -0.462 e. The van der Waals surface area contributed by atoms with Gasteiger partial charge in [-0.25, -0.2) is 36.3 Å². The Balaban J connectivity index is 0.000000177. The zero-order valence-corrected chi connectivity index (χ0v) is 25.7. The second-order valence-electron chi connectivity index (χ2n) is 12.3. The number of benzene rings is 3. The number of rotatable bonds is 5. The second-order valence-corrected chi connectivity index (χ2v) is 12.3. The molecule has 2 aliphatic carbocycles. The van der Waals surface area contributed by atoms with Crippen LogP contribution in [0.25, 0.3) is 0 Å². The smallest absolute Gasteiger partial charge is 0.293 e. The standard InChI is InChI=1S/C20H18F3N3O2.C13H14F3N3O/c1-10-7-12(24)8-14(16(10)21)20(18(22)23)13-9-15(13)28-19(26-20)25-17(27)11-5-3-2-4-6-11;1-5-2-6(17)3-8(10(5)14)13(11(15)16)7-4-9(7)20-12(18)19-13/h2-8,13,15,18H,9,24H2,1H3,(H,25,26,27);2-3,7,9,11H,4,17H2,1H3,(H2,18,19)/t13-,15+,20-;7-,9+,13-/m00/s1. The summed E-state index contributed by atoms with van der Waals surface area (Å²) in [4.78, 5) is 20.2. The number of aryl methyl sites for hydroxylation is 2. The van der Waals surface area contributed by atoms with Crippen molar-refractivity contribution in [3.8, 4) is 0 Å². The fourth-order valence-electron chi connectivity index (χ4n) is 6.57. The van der Waals surface area contributed by atoms with E-state index >= 15 is 0 Å². The number of hydrogen-bond acceptors (Lipinski definition) is 8. The largest absolute Gasteiger partial charge is 0.462 e. The zero-order valence-electron chi connectivity index (χ0n) is 25.7. The number of anilines is 2. The normalized spacial score (nSPS) is 28.0. The van der Waals surface area contributed by atoms with Gasteiger partial charge in [0, 0.05) is 39.9 Å². The highest BCUT2D eigenvalue weighted by molar-refractivity contribution is 6.04. The molecule has 4 aliphatic rings. The minimum absolute atomic E-state index is 0.156. The number of amidine groups is 2. The number of alkyl halides is 4. The van der Waals surface area contributed by atoms with E-state index in [0.717, 1.165) is 0 Å². The average Bonchev–Trinajstić information content (AvgIpc) is 3.96. The Morgan fingerprint density at radius 2 is 1.27 bits per heavy atom. The van der Waals surface area contributed by atoms with Gasteiger partial charge in [0.1, 0.15) is 23.8 Å². The van der Waals surface area contributed by atoms with Crippen LogP contribution in [-0.4, -0.2) is 43.0 Å². The van der Waals surface area contributed by atoms with E-state index in [1.165, 1.54) is 38.1 Å². The highest BCUT2D eigenvalue weighted by Crippen LogP contribution is 2.57. The monoisotopic (exact) mass is 674 g/mol. The molecule has 6 atom stereocenters. The lowest BCUT2D eigenvalue weighted by Crippen LogP contribution is -2.46. The van der Waals surface area contributed by atoms with Crippen LogP contribution in [0.5, 0.6) is 0 Å². The number of nitrogen functional groups attached to an aromatic ring is 2. The van der Waals surface area contributed by atoms with Gasteiger partial charge in [0.15, 0.2) is 11.1 Å². The average molecular weight is 675 g/mol. The summed E-state index contributed by atoms with van der Waals surface area (Å²) in [6.45, 7) is 2.94. The van der Waals surface area contributed by atoms with E-state index < -0.39 is 65.5 Å². The molecular formula is C33H32F6N6O3. The number of carbonyl (C=O) groups excluding carboxylic acids is 1. The third kappa shape index (κ3) is 5.54. The summed E-state index contributed by atoms with van der Waals surface area (Å²) in [6, 6.07) is 12.7. The van der Waals surface area contributed by atoms with E-state index in [0.29, 0.717) is 12.0 Å². The second kappa shape index (κ2) is 11.9. The predicted octanol–water partition coefficient (Wildman–Crippen LogP) is 5.29. The van der Waals surface area contributed by atoms with Crippen LogP contribution in [0, 0.1) is 37.3 Å². The van der Waals surface area contributed by atoms with Gasteiger partial charge in [-0.2, -0.15) is 0 Å². The molecule has 15 heteroatoms. The van der Waals surface area contributed by atoms with Gasteiger partial charge < -0.3 is 26.7 Å². The number of hydrogen-bond donors (Lipinski definition) is 4. The molecule has 0 saturated heterocycles. The number of halogens is 6. The van der Waals surface area contributed by atoms with Crippen molar-refractivity contribution in [1.82, 2.24) is 5.32 Å². The van der Waals surface area contributed by atoms with E-state index in [-0.39, 0.29) is 52.1 Å². The van der Waals surface area contributed by atoms with Gasteiger partial charge >= 0.3 is 0 Å². The van der Waals surface area contributed by atoms with Crippen molar-refractivity contribution in [3.05, 3.63) is 94.0 Å². The highest BCUT2D eigenvalue weighted by Gasteiger charge is 2.65. The van der Waals surface area contributed by atoms with Crippen LogP contribution < -0.4 is 22.5 Å². The topological polar surface area (TPSA) is 150 Å². The first kappa shape index (κ1) is 33.0. The number of fused-ring (bicyclic) bond motifs is 2. The molecule has 9 nitrogen and oxygen atoms in total. The van der Waals surface area contributed by atoms with E-state index in [2.05, 4.69) is 15.3 Å². The first-order valence-corrected chi connectivity index (χ1v) is 15.0. The number of carbonyl (C=O) groups is 1. The van der Waals surface area contributed by atoms with Gasteiger partial charge in [0.25, 0.3) is 30.8 Å². The molecule has 3 aromatic rings. The highest BCUT2D eigenvalue weighted by atomic mass is 19.3. The predicted molar refractivity (Wildman–Crippen MR) is 165 cm³/mol. The minimum atomic E-state index is -3.01. The molecule has 7 N–H and O–H groups in total. The summed E-state index contributed by atoms with van der Waals surface area (Å²) in [6.07, 6.45) is -6.24. The Morgan fingerprint density at radius 1 is 0.792 bits per heavy atom. The van der Waals surface area contributed by atoms with Gasteiger partial charge in [0.05, 0.1) is 0 Å². The maximum absolute atomic E-state index is 14.8. The van der Waals surface area contributed by atoms with E-state index in [1.807, 2.05) is 0 Å². The number of nitrogens with zero attached hydrogens (tertiary/aromatic N) is 2. The third-order valence-electron chi connectivity index (χ3n) is 9.05. The van der Waals surface area contributed by atoms with Gasteiger partial charge in [0.2, 0.25) is 0 Å². The maximum Gasteiger partial charge on any atom is 0.293 e. The zero-order chi connectivity index (χ0) is 34.7. The van der Waals surface area contributed by atoms with Crippen LogP contribution in [0.2, 0.25) is 0 Å². The molecule has 0 unspecified atom stereocenters. The SMILES string of the molecule is Cc1cc(N)cc([C@@]2(C(F)F)N=C(N)O[C@@H]3C[C@@H]32)c1F.Cc1cc(N)cc([C@@]2(C(F)F)N=C(NC(=O)c3ccccc3)O[C@@H]3C[C@@H]32)c1F. The van der Waals surface area contributed by atoms with Crippen LogP contribution in [-0.2, 0) is 20.6 Å². The number of nitrogens with one attached hydrogen (secondary N) is 1. The number of amides is 1. The molecule has 2 fully saturated rings. The molecule has 48 heavy (non-hydrogen) atoms. The Hall–Kier alpha value is -4.95. The number of ether oxygens (including phenoxy) is 2. The molecule has 7 rings (SSSR count). The molecule has 2 heterocycles. The molecule has 0 bridgehead atoms. The van der Waals surface area contributed by atoms with Crippen molar-refractivity contribution in [2.45, 2.75) is 62.8 Å². The van der Waals surface area contributed by atoms with Gasteiger partial charge in [-0.05, 0) is 74.2 Å². The van der Waals surface area contributed by atoms with Crippen molar-refractivity contribution >= 4 is 29.3 Å². The van der Waals surface area contributed by atoms with Crippen molar-refractivity contribution in [1.29, 1.82) is 0 Å². The lowest BCUT2D eigenvalue weighted by molar-refractivity contribution is 0.0166. The van der Waals surface area contributed by atoms with Gasteiger partial charge in [-0.1, -0.05) is 18.2 Å². The molecule has 1 amide bonds. The fourth-order valence-corrected chi connectivity index (χ4v) is 6.57. The Labute approximate surface area is 271 Å². The van der Waals surface area contributed by atoms with Crippen molar-refractivity contribution in [2.75, 3.05) is 11.5 Å². The Kier molecular flexibility index (Phi) is 8.20. The van der Waals surface area contributed by atoms with E-state index in [4.69, 9.17) is 26.7 Å². The fraction of sp³-hybridized carbons (Fsp3) is 0.364. The van der Waals surface area contributed by atoms with Crippen molar-refractivity contribution < 1.29 is 40.6 Å².